The Labute approximate surface area is 136 Å². The van der Waals surface area contributed by atoms with Crippen molar-refractivity contribution in [3.05, 3.63) is 47.7 Å². The molecule has 0 saturated heterocycles. The van der Waals surface area contributed by atoms with E-state index in [1.807, 2.05) is 12.1 Å². The average Bonchev–Trinajstić information content (AvgIpc) is 3.03. The summed E-state index contributed by atoms with van der Waals surface area (Å²) in [5, 5.41) is 12.5. The standard InChI is InChI=1S/C19H23NO3/c1-13-2-4-14(5-3-13)18-11-10-17(23-18)12-20-16-8-6-15(7-9-16)19(21)22/h2-5,10-11,15-16,20H,6-9,12H2,1H3,(H,21,22). The van der Waals surface area contributed by atoms with E-state index in [1.165, 1.54) is 5.56 Å². The number of carboxylic acids is 1. The van der Waals surface area contributed by atoms with Gasteiger partial charge in [-0.05, 0) is 44.7 Å². The Morgan fingerprint density at radius 2 is 1.83 bits per heavy atom. The van der Waals surface area contributed by atoms with Crippen molar-refractivity contribution in [2.24, 2.45) is 5.92 Å². The fraction of sp³-hybridized carbons (Fsp3) is 0.421. The Morgan fingerprint density at radius 3 is 2.48 bits per heavy atom. The van der Waals surface area contributed by atoms with E-state index in [-0.39, 0.29) is 5.92 Å². The van der Waals surface area contributed by atoms with Gasteiger partial charge in [-0.15, -0.1) is 0 Å². The second-order valence-corrected chi connectivity index (χ2v) is 6.40. The van der Waals surface area contributed by atoms with Gasteiger partial charge in [0.1, 0.15) is 11.5 Å². The highest BCUT2D eigenvalue weighted by molar-refractivity contribution is 5.70. The molecule has 0 atom stereocenters. The molecule has 0 radical (unpaired) electrons. The highest BCUT2D eigenvalue weighted by Crippen LogP contribution is 2.26. The molecule has 3 rings (SSSR count). The number of hydrogen-bond donors (Lipinski definition) is 2. The molecule has 23 heavy (non-hydrogen) atoms. The molecular weight excluding hydrogens is 290 g/mol. The molecule has 0 amide bonds. The normalized spacial score (nSPS) is 21.3. The Balaban J connectivity index is 1.52. The number of aryl methyl sites for hydroxylation is 1. The summed E-state index contributed by atoms with van der Waals surface area (Å²) in [5.74, 6) is 0.986. The molecule has 2 N–H and O–H groups in total. The van der Waals surface area contributed by atoms with Gasteiger partial charge >= 0.3 is 5.97 Å². The van der Waals surface area contributed by atoms with Crippen LogP contribution in [0, 0.1) is 12.8 Å². The number of benzene rings is 1. The van der Waals surface area contributed by atoms with E-state index in [9.17, 15) is 4.79 Å². The van der Waals surface area contributed by atoms with Gasteiger partial charge in [0.2, 0.25) is 0 Å². The highest BCUT2D eigenvalue weighted by atomic mass is 16.4. The summed E-state index contributed by atoms with van der Waals surface area (Å²) in [6, 6.07) is 12.7. The van der Waals surface area contributed by atoms with Crippen molar-refractivity contribution < 1.29 is 14.3 Å². The number of aliphatic carboxylic acids is 1. The zero-order valence-electron chi connectivity index (χ0n) is 13.4. The molecule has 122 valence electrons. The van der Waals surface area contributed by atoms with Gasteiger partial charge < -0.3 is 14.8 Å². The lowest BCUT2D eigenvalue weighted by molar-refractivity contribution is -0.142. The molecule has 0 spiro atoms. The molecule has 1 fully saturated rings. The molecule has 1 saturated carbocycles. The lowest BCUT2D eigenvalue weighted by Gasteiger charge is -2.26. The van der Waals surface area contributed by atoms with Gasteiger partial charge in [0.15, 0.2) is 0 Å². The molecule has 1 aromatic heterocycles. The minimum Gasteiger partial charge on any atom is -0.481 e. The lowest BCUT2D eigenvalue weighted by Crippen LogP contribution is -2.34. The van der Waals surface area contributed by atoms with Gasteiger partial charge in [0.05, 0.1) is 12.5 Å². The average molecular weight is 313 g/mol. The molecule has 1 aliphatic carbocycles. The van der Waals surface area contributed by atoms with Crippen LogP contribution in [0.5, 0.6) is 0 Å². The monoisotopic (exact) mass is 313 g/mol. The predicted octanol–water partition coefficient (Wildman–Crippen LogP) is 3.99. The Kier molecular flexibility index (Phi) is 4.82. The van der Waals surface area contributed by atoms with E-state index in [0.717, 1.165) is 42.8 Å². The summed E-state index contributed by atoms with van der Waals surface area (Å²) in [7, 11) is 0. The number of nitrogens with one attached hydrogen (secondary N) is 1. The van der Waals surface area contributed by atoms with Crippen LogP contribution in [0.25, 0.3) is 11.3 Å². The van der Waals surface area contributed by atoms with Crippen molar-refractivity contribution in [2.45, 2.75) is 45.2 Å². The molecule has 0 aliphatic heterocycles. The van der Waals surface area contributed by atoms with E-state index in [4.69, 9.17) is 9.52 Å². The highest BCUT2D eigenvalue weighted by Gasteiger charge is 2.25. The molecule has 1 heterocycles. The summed E-state index contributed by atoms with van der Waals surface area (Å²) in [5.41, 5.74) is 2.32. The first-order chi connectivity index (χ1) is 11.1. The topological polar surface area (TPSA) is 62.5 Å². The minimum atomic E-state index is -0.655. The van der Waals surface area contributed by atoms with Crippen LogP contribution in [0.1, 0.15) is 37.0 Å². The molecule has 1 aromatic carbocycles. The van der Waals surface area contributed by atoms with Crippen LogP contribution in [0.3, 0.4) is 0 Å². The maximum absolute atomic E-state index is 11.0. The van der Waals surface area contributed by atoms with Crippen LogP contribution in [-0.4, -0.2) is 17.1 Å². The number of carbonyl (C=O) groups is 1. The zero-order chi connectivity index (χ0) is 16.2. The van der Waals surface area contributed by atoms with Gasteiger partial charge in [-0.1, -0.05) is 29.8 Å². The Morgan fingerprint density at radius 1 is 1.13 bits per heavy atom. The van der Waals surface area contributed by atoms with Crippen molar-refractivity contribution in [3.8, 4) is 11.3 Å². The molecule has 2 aromatic rings. The first-order valence-corrected chi connectivity index (χ1v) is 8.24. The van der Waals surface area contributed by atoms with Gasteiger partial charge in [-0.2, -0.15) is 0 Å². The van der Waals surface area contributed by atoms with E-state index >= 15 is 0 Å². The molecule has 1 aliphatic rings. The van der Waals surface area contributed by atoms with Crippen molar-refractivity contribution in [3.63, 3.8) is 0 Å². The van der Waals surface area contributed by atoms with Crippen LogP contribution in [-0.2, 0) is 11.3 Å². The Bertz CT molecular complexity index is 652. The summed E-state index contributed by atoms with van der Waals surface area (Å²) in [6.45, 7) is 2.76. The SMILES string of the molecule is Cc1ccc(-c2ccc(CNC3CCC(C(=O)O)CC3)o2)cc1. The first kappa shape index (κ1) is 15.8. The van der Waals surface area contributed by atoms with Crippen LogP contribution >= 0.6 is 0 Å². The number of rotatable bonds is 5. The number of hydrogen-bond acceptors (Lipinski definition) is 3. The zero-order valence-corrected chi connectivity index (χ0v) is 13.4. The Hall–Kier alpha value is -2.07. The van der Waals surface area contributed by atoms with Crippen LogP contribution < -0.4 is 5.32 Å². The van der Waals surface area contributed by atoms with E-state index in [1.54, 1.807) is 0 Å². The van der Waals surface area contributed by atoms with E-state index < -0.39 is 5.97 Å². The van der Waals surface area contributed by atoms with Gasteiger partial charge in [0, 0.05) is 11.6 Å². The molecule has 4 heteroatoms. The maximum atomic E-state index is 11.0. The van der Waals surface area contributed by atoms with Gasteiger partial charge in [0.25, 0.3) is 0 Å². The summed E-state index contributed by atoms with van der Waals surface area (Å²) >= 11 is 0. The van der Waals surface area contributed by atoms with Crippen molar-refractivity contribution in [1.29, 1.82) is 0 Å². The minimum absolute atomic E-state index is 0.162. The third-order valence-electron chi connectivity index (χ3n) is 4.64. The predicted molar refractivity (Wildman–Crippen MR) is 89.1 cm³/mol. The molecular formula is C19H23NO3. The van der Waals surface area contributed by atoms with E-state index in [2.05, 4.69) is 36.5 Å². The smallest absolute Gasteiger partial charge is 0.306 e. The van der Waals surface area contributed by atoms with Crippen LogP contribution in [0.2, 0.25) is 0 Å². The summed E-state index contributed by atoms with van der Waals surface area (Å²) in [4.78, 5) is 11.0. The number of carboxylic acid groups (broad SMARTS) is 1. The summed E-state index contributed by atoms with van der Waals surface area (Å²) < 4.78 is 5.90. The fourth-order valence-corrected chi connectivity index (χ4v) is 3.14. The van der Waals surface area contributed by atoms with E-state index in [0.29, 0.717) is 12.6 Å². The second kappa shape index (κ2) is 7.01. The van der Waals surface area contributed by atoms with Crippen molar-refractivity contribution >= 4 is 5.97 Å². The van der Waals surface area contributed by atoms with Crippen molar-refractivity contribution in [1.82, 2.24) is 5.32 Å². The number of furan rings is 1. The van der Waals surface area contributed by atoms with Crippen molar-refractivity contribution in [2.75, 3.05) is 0 Å². The third-order valence-corrected chi connectivity index (χ3v) is 4.64. The third kappa shape index (κ3) is 4.02. The van der Waals surface area contributed by atoms with Crippen LogP contribution in [0.15, 0.2) is 40.8 Å². The first-order valence-electron chi connectivity index (χ1n) is 8.24. The largest absolute Gasteiger partial charge is 0.481 e. The maximum Gasteiger partial charge on any atom is 0.306 e. The van der Waals surface area contributed by atoms with Gasteiger partial charge in [-0.25, -0.2) is 0 Å². The van der Waals surface area contributed by atoms with Gasteiger partial charge in [-0.3, -0.25) is 4.79 Å². The molecule has 4 nitrogen and oxygen atoms in total. The molecule has 0 bridgehead atoms. The molecule has 0 unspecified atom stereocenters. The second-order valence-electron chi connectivity index (χ2n) is 6.40. The summed E-state index contributed by atoms with van der Waals surface area (Å²) in [6.07, 6.45) is 3.37. The lowest BCUT2D eigenvalue weighted by atomic mass is 9.86. The van der Waals surface area contributed by atoms with Crippen LogP contribution in [0.4, 0.5) is 0 Å². The fourth-order valence-electron chi connectivity index (χ4n) is 3.14. The quantitative estimate of drug-likeness (QED) is 0.876.